The third kappa shape index (κ3) is 5.41. The number of hydrogen-bond donors (Lipinski definition) is 2. The van der Waals surface area contributed by atoms with Gasteiger partial charge in [0, 0.05) is 23.5 Å². The van der Waals surface area contributed by atoms with Gasteiger partial charge in [0.15, 0.2) is 5.69 Å². The van der Waals surface area contributed by atoms with Crippen molar-refractivity contribution in [3.63, 3.8) is 0 Å². The van der Waals surface area contributed by atoms with E-state index in [0.29, 0.717) is 23.2 Å². The van der Waals surface area contributed by atoms with E-state index in [2.05, 4.69) is 20.6 Å². The molecule has 9 heteroatoms. The average Bonchev–Trinajstić information content (AvgIpc) is 2.69. The fourth-order valence-electron chi connectivity index (χ4n) is 3.77. The van der Waals surface area contributed by atoms with E-state index < -0.39 is 23.3 Å². The van der Waals surface area contributed by atoms with E-state index in [1.165, 1.54) is 0 Å². The zero-order chi connectivity index (χ0) is 21.9. The summed E-state index contributed by atoms with van der Waals surface area (Å²) in [6.45, 7) is 3.91. The van der Waals surface area contributed by atoms with Crippen LogP contribution in [0.2, 0.25) is 5.02 Å². The quantitative estimate of drug-likeness (QED) is 0.614. The van der Waals surface area contributed by atoms with Gasteiger partial charge >= 0.3 is 6.18 Å². The number of nitrogens with zero attached hydrogens (tertiary/aromatic N) is 2. The zero-order valence-electron chi connectivity index (χ0n) is 16.9. The monoisotopic (exact) mass is 440 g/mol. The first kappa shape index (κ1) is 22.3. The number of nitrogens with one attached hydrogen (secondary N) is 2. The summed E-state index contributed by atoms with van der Waals surface area (Å²) in [4.78, 5) is 20.0. The molecular weight excluding hydrogens is 417 g/mol. The highest BCUT2D eigenvalue weighted by Gasteiger charge is 2.38. The summed E-state index contributed by atoms with van der Waals surface area (Å²) in [5, 5.41) is 5.96. The van der Waals surface area contributed by atoms with E-state index in [0.717, 1.165) is 49.4 Å². The Morgan fingerprint density at radius 2 is 1.80 bits per heavy atom. The minimum atomic E-state index is -4.79. The minimum Gasteiger partial charge on any atom is -0.352 e. The summed E-state index contributed by atoms with van der Waals surface area (Å²) in [6, 6.07) is 3.38. The third-order valence-electron chi connectivity index (χ3n) is 5.31. The van der Waals surface area contributed by atoms with Crippen molar-refractivity contribution >= 4 is 29.1 Å². The molecule has 162 valence electrons. The molecule has 1 aromatic heterocycles. The highest BCUT2D eigenvalue weighted by molar-refractivity contribution is 6.30. The molecule has 0 atom stereocenters. The third-order valence-corrected chi connectivity index (χ3v) is 5.53. The van der Waals surface area contributed by atoms with Gasteiger partial charge in [0.2, 0.25) is 5.95 Å². The molecule has 0 saturated heterocycles. The van der Waals surface area contributed by atoms with Crippen molar-refractivity contribution in [1.29, 1.82) is 0 Å². The SMILES string of the molecule is Cc1cc(Cl)cc(C)c1Nc1ncc(C(=O)NCC2CCCCC2)c(C(F)(F)F)n1. The fourth-order valence-corrected chi connectivity index (χ4v) is 4.09. The van der Waals surface area contributed by atoms with E-state index in [1.54, 1.807) is 26.0 Å². The number of carbonyl (C=O) groups excluding carboxylic acids is 1. The lowest BCUT2D eigenvalue weighted by Gasteiger charge is -2.22. The predicted molar refractivity (Wildman–Crippen MR) is 110 cm³/mol. The lowest BCUT2D eigenvalue weighted by atomic mass is 9.89. The molecule has 0 unspecified atom stereocenters. The van der Waals surface area contributed by atoms with E-state index in [9.17, 15) is 18.0 Å². The number of alkyl halides is 3. The zero-order valence-corrected chi connectivity index (χ0v) is 17.6. The summed E-state index contributed by atoms with van der Waals surface area (Å²) in [5.41, 5.74) is 0.221. The number of aromatic nitrogens is 2. The Balaban J connectivity index is 1.82. The van der Waals surface area contributed by atoms with Crippen molar-refractivity contribution in [2.24, 2.45) is 5.92 Å². The van der Waals surface area contributed by atoms with Crippen molar-refractivity contribution in [1.82, 2.24) is 15.3 Å². The number of amides is 1. The molecule has 1 heterocycles. The number of carbonyl (C=O) groups is 1. The molecule has 2 aromatic rings. The van der Waals surface area contributed by atoms with Crippen LogP contribution in [0.1, 0.15) is 59.3 Å². The molecule has 0 aliphatic heterocycles. The summed E-state index contributed by atoms with van der Waals surface area (Å²) >= 11 is 6.00. The lowest BCUT2D eigenvalue weighted by Crippen LogP contribution is -2.32. The normalized spacial score (nSPS) is 15.1. The van der Waals surface area contributed by atoms with Gasteiger partial charge in [-0.25, -0.2) is 9.97 Å². The minimum absolute atomic E-state index is 0.236. The Morgan fingerprint density at radius 1 is 1.17 bits per heavy atom. The summed E-state index contributed by atoms with van der Waals surface area (Å²) in [5.74, 6) is -0.743. The highest BCUT2D eigenvalue weighted by Crippen LogP contribution is 2.32. The Hall–Kier alpha value is -2.35. The fraction of sp³-hybridized carbons (Fsp3) is 0.476. The molecule has 1 amide bonds. The molecule has 2 N–H and O–H groups in total. The Bertz CT molecular complexity index is 904. The topological polar surface area (TPSA) is 66.9 Å². The molecule has 1 aliphatic carbocycles. The van der Waals surface area contributed by atoms with Crippen LogP contribution in [-0.2, 0) is 6.18 Å². The first-order valence-electron chi connectivity index (χ1n) is 9.91. The van der Waals surface area contributed by atoms with Gasteiger partial charge in [0.1, 0.15) is 0 Å². The van der Waals surface area contributed by atoms with Crippen LogP contribution in [0, 0.1) is 19.8 Å². The van der Waals surface area contributed by atoms with E-state index in [1.807, 2.05) is 0 Å². The van der Waals surface area contributed by atoms with Crippen LogP contribution in [0.25, 0.3) is 0 Å². The molecule has 1 fully saturated rings. The predicted octanol–water partition coefficient (Wildman–Crippen LogP) is 5.82. The summed E-state index contributed by atoms with van der Waals surface area (Å²) in [6.07, 6.45) is 1.42. The van der Waals surface area contributed by atoms with Crippen LogP contribution in [-0.4, -0.2) is 22.4 Å². The number of aryl methyl sites for hydroxylation is 2. The van der Waals surface area contributed by atoms with E-state index in [-0.39, 0.29) is 5.95 Å². The second kappa shape index (κ2) is 9.20. The molecular formula is C21H24ClF3N4O. The molecule has 3 rings (SSSR count). The number of halogens is 4. The van der Waals surface area contributed by atoms with Crippen molar-refractivity contribution in [3.05, 3.63) is 45.7 Å². The van der Waals surface area contributed by atoms with Crippen LogP contribution >= 0.6 is 11.6 Å². The molecule has 5 nitrogen and oxygen atoms in total. The highest BCUT2D eigenvalue weighted by atomic mass is 35.5. The largest absolute Gasteiger partial charge is 0.434 e. The Kier molecular flexibility index (Phi) is 6.85. The van der Waals surface area contributed by atoms with Gasteiger partial charge in [-0.3, -0.25) is 4.79 Å². The molecule has 0 radical (unpaired) electrons. The first-order valence-corrected chi connectivity index (χ1v) is 10.3. The second-order valence-corrected chi connectivity index (χ2v) is 8.14. The Morgan fingerprint density at radius 3 is 2.40 bits per heavy atom. The van der Waals surface area contributed by atoms with E-state index >= 15 is 0 Å². The van der Waals surface area contributed by atoms with Crippen LogP contribution in [0.3, 0.4) is 0 Å². The van der Waals surface area contributed by atoms with Gasteiger partial charge in [-0.1, -0.05) is 30.9 Å². The van der Waals surface area contributed by atoms with E-state index in [4.69, 9.17) is 11.6 Å². The van der Waals surface area contributed by atoms with Crippen molar-refractivity contribution in [3.8, 4) is 0 Å². The van der Waals surface area contributed by atoms with Gasteiger partial charge in [0.25, 0.3) is 5.91 Å². The Labute approximate surface area is 178 Å². The van der Waals surface area contributed by atoms with Crippen molar-refractivity contribution in [2.45, 2.75) is 52.1 Å². The van der Waals surface area contributed by atoms with Crippen molar-refractivity contribution < 1.29 is 18.0 Å². The molecule has 1 aromatic carbocycles. The van der Waals surface area contributed by atoms with Gasteiger partial charge < -0.3 is 10.6 Å². The number of benzene rings is 1. The number of hydrogen-bond acceptors (Lipinski definition) is 4. The van der Waals surface area contributed by atoms with Crippen LogP contribution in [0.5, 0.6) is 0 Å². The van der Waals surface area contributed by atoms with Gasteiger partial charge in [-0.05, 0) is 55.9 Å². The summed E-state index contributed by atoms with van der Waals surface area (Å²) < 4.78 is 40.9. The maximum absolute atomic E-state index is 13.6. The first-order chi connectivity index (χ1) is 14.1. The summed E-state index contributed by atoms with van der Waals surface area (Å²) in [7, 11) is 0. The van der Waals surface area contributed by atoms with Crippen LogP contribution < -0.4 is 10.6 Å². The van der Waals surface area contributed by atoms with Crippen molar-refractivity contribution in [2.75, 3.05) is 11.9 Å². The lowest BCUT2D eigenvalue weighted by molar-refractivity contribution is -0.141. The molecule has 1 saturated carbocycles. The van der Waals surface area contributed by atoms with Crippen LogP contribution in [0.4, 0.5) is 24.8 Å². The average molecular weight is 441 g/mol. The molecule has 0 spiro atoms. The number of anilines is 2. The standard InChI is InChI=1S/C21H24ClF3N4O/c1-12-8-15(22)9-13(2)17(12)28-20-27-11-16(18(29-20)21(23,24)25)19(30)26-10-14-6-4-3-5-7-14/h8-9,11,14H,3-7,10H2,1-2H3,(H,26,30)(H,27,28,29). The molecule has 30 heavy (non-hydrogen) atoms. The maximum atomic E-state index is 13.6. The van der Waals surface area contributed by atoms with Gasteiger partial charge in [-0.15, -0.1) is 0 Å². The number of rotatable bonds is 5. The second-order valence-electron chi connectivity index (χ2n) is 7.71. The van der Waals surface area contributed by atoms with Crippen LogP contribution in [0.15, 0.2) is 18.3 Å². The smallest absolute Gasteiger partial charge is 0.352 e. The maximum Gasteiger partial charge on any atom is 0.434 e. The van der Waals surface area contributed by atoms with Gasteiger partial charge in [-0.2, -0.15) is 13.2 Å². The van der Waals surface area contributed by atoms with Gasteiger partial charge in [0.05, 0.1) is 5.56 Å². The molecule has 0 bridgehead atoms. The molecule has 1 aliphatic rings.